The Morgan fingerprint density at radius 1 is 1.30 bits per heavy atom. The van der Waals surface area contributed by atoms with Crippen LogP contribution in [0.5, 0.6) is 0 Å². The van der Waals surface area contributed by atoms with Crippen molar-refractivity contribution >= 4 is 5.96 Å². The minimum absolute atomic E-state index is 0.0877. The molecule has 1 aliphatic rings. The van der Waals surface area contributed by atoms with E-state index in [2.05, 4.69) is 22.5 Å². The summed E-state index contributed by atoms with van der Waals surface area (Å²) in [6.45, 7) is 6.53. The quantitative estimate of drug-likeness (QED) is 0.461. The molecule has 0 spiro atoms. The summed E-state index contributed by atoms with van der Waals surface area (Å²) in [5, 5.41) is 6.85. The van der Waals surface area contributed by atoms with E-state index >= 15 is 0 Å². The molecule has 23 heavy (non-hydrogen) atoms. The minimum Gasteiger partial charge on any atom is -0.357 e. The zero-order chi connectivity index (χ0) is 16.5. The van der Waals surface area contributed by atoms with Crippen molar-refractivity contribution in [2.24, 2.45) is 4.99 Å². The zero-order valence-corrected chi connectivity index (χ0v) is 14.5. The number of hydrogen-bond acceptors (Lipinski definition) is 2. The average Bonchev–Trinajstić information content (AvgIpc) is 3.02. The monoisotopic (exact) mass is 318 g/mol. The van der Waals surface area contributed by atoms with E-state index in [0.717, 1.165) is 44.1 Å². The Morgan fingerprint density at radius 3 is 2.78 bits per heavy atom. The number of rotatable bonds is 7. The van der Waals surface area contributed by atoms with Crippen molar-refractivity contribution in [3.63, 3.8) is 0 Å². The van der Waals surface area contributed by atoms with Crippen LogP contribution >= 0.6 is 0 Å². The van der Waals surface area contributed by atoms with Gasteiger partial charge >= 0.3 is 0 Å². The number of pyridine rings is 1. The van der Waals surface area contributed by atoms with Crippen LogP contribution in [0.4, 0.5) is 0 Å². The molecule has 5 nitrogen and oxygen atoms in total. The first-order valence-corrected chi connectivity index (χ1v) is 8.92. The van der Waals surface area contributed by atoms with Crippen LogP contribution in [-0.4, -0.2) is 29.7 Å². The number of nitrogens with zero attached hydrogens (tertiary/aromatic N) is 2. The van der Waals surface area contributed by atoms with Crippen LogP contribution in [0, 0.1) is 6.92 Å². The molecule has 128 valence electrons. The van der Waals surface area contributed by atoms with Crippen molar-refractivity contribution in [2.45, 2.75) is 65.0 Å². The van der Waals surface area contributed by atoms with Crippen LogP contribution < -0.4 is 16.2 Å². The third-order valence-corrected chi connectivity index (χ3v) is 4.37. The van der Waals surface area contributed by atoms with E-state index in [9.17, 15) is 4.79 Å². The average molecular weight is 318 g/mol. The summed E-state index contributed by atoms with van der Waals surface area (Å²) in [5.74, 6) is 0.937. The molecule has 1 aromatic heterocycles. The first-order valence-electron chi connectivity index (χ1n) is 8.92. The van der Waals surface area contributed by atoms with Gasteiger partial charge in [-0.3, -0.25) is 9.79 Å². The summed E-state index contributed by atoms with van der Waals surface area (Å²) >= 11 is 0. The van der Waals surface area contributed by atoms with Gasteiger partial charge in [0.05, 0.1) is 0 Å². The van der Waals surface area contributed by atoms with E-state index in [1.165, 1.54) is 25.7 Å². The van der Waals surface area contributed by atoms with Crippen LogP contribution in [0.15, 0.2) is 28.0 Å². The van der Waals surface area contributed by atoms with E-state index < -0.39 is 0 Å². The van der Waals surface area contributed by atoms with Gasteiger partial charge in [0.25, 0.3) is 5.56 Å². The topological polar surface area (TPSA) is 58.4 Å². The number of aryl methyl sites for hydroxylation is 1. The highest BCUT2D eigenvalue weighted by molar-refractivity contribution is 5.80. The highest BCUT2D eigenvalue weighted by Gasteiger charge is 2.15. The minimum atomic E-state index is 0.0877. The molecule has 5 heteroatoms. The first kappa shape index (κ1) is 17.6. The maximum Gasteiger partial charge on any atom is 0.250 e. The lowest BCUT2D eigenvalue weighted by atomic mass is 10.2. The number of aromatic nitrogens is 1. The van der Waals surface area contributed by atoms with E-state index in [-0.39, 0.29) is 5.56 Å². The highest BCUT2D eigenvalue weighted by atomic mass is 16.1. The van der Waals surface area contributed by atoms with Crippen molar-refractivity contribution in [2.75, 3.05) is 13.1 Å². The van der Waals surface area contributed by atoms with E-state index in [1.54, 1.807) is 6.07 Å². The normalized spacial score (nSPS) is 15.8. The van der Waals surface area contributed by atoms with Gasteiger partial charge in [0.2, 0.25) is 0 Å². The van der Waals surface area contributed by atoms with Gasteiger partial charge in [-0.2, -0.15) is 0 Å². The molecule has 0 atom stereocenters. The fourth-order valence-corrected chi connectivity index (χ4v) is 3.07. The molecule has 1 aromatic rings. The van der Waals surface area contributed by atoms with Crippen molar-refractivity contribution in [1.82, 2.24) is 15.2 Å². The molecule has 1 fully saturated rings. The SMILES string of the molecule is CCNC(=NCCCCn1c(C)cccc1=O)NC1CCCC1. The van der Waals surface area contributed by atoms with Crippen LogP contribution in [0.2, 0.25) is 0 Å². The Balaban J connectivity index is 1.76. The molecule has 0 saturated heterocycles. The van der Waals surface area contributed by atoms with Crippen molar-refractivity contribution in [3.8, 4) is 0 Å². The first-order chi connectivity index (χ1) is 11.2. The summed E-state index contributed by atoms with van der Waals surface area (Å²) in [6, 6.07) is 6.00. The molecular weight excluding hydrogens is 288 g/mol. The zero-order valence-electron chi connectivity index (χ0n) is 14.5. The third kappa shape index (κ3) is 5.73. The summed E-state index contributed by atoms with van der Waals surface area (Å²) in [4.78, 5) is 16.5. The number of nitrogens with one attached hydrogen (secondary N) is 2. The Labute approximate surface area is 139 Å². The molecule has 2 N–H and O–H groups in total. The standard InChI is InChI=1S/C18H30N4O/c1-3-19-18(21-16-10-4-5-11-16)20-13-6-7-14-22-15(2)9-8-12-17(22)23/h8-9,12,16H,3-7,10-11,13-14H2,1-2H3,(H2,19,20,21). The lowest BCUT2D eigenvalue weighted by molar-refractivity contribution is 0.581. The van der Waals surface area contributed by atoms with Gasteiger partial charge in [-0.05, 0) is 45.6 Å². The van der Waals surface area contributed by atoms with Crippen molar-refractivity contribution in [1.29, 1.82) is 0 Å². The van der Waals surface area contributed by atoms with E-state index in [0.29, 0.717) is 6.04 Å². The molecule has 0 radical (unpaired) electrons. The fraction of sp³-hybridized carbons (Fsp3) is 0.667. The summed E-state index contributed by atoms with van der Waals surface area (Å²) in [5.41, 5.74) is 1.11. The van der Waals surface area contributed by atoms with Crippen LogP contribution in [-0.2, 0) is 6.54 Å². The number of guanidine groups is 1. The maximum atomic E-state index is 11.8. The summed E-state index contributed by atoms with van der Waals surface area (Å²) in [6.07, 6.45) is 7.10. The van der Waals surface area contributed by atoms with Gasteiger partial charge in [-0.1, -0.05) is 18.9 Å². The third-order valence-electron chi connectivity index (χ3n) is 4.37. The molecule has 0 aliphatic heterocycles. The molecule has 1 aliphatic carbocycles. The molecule has 0 bridgehead atoms. The molecule has 1 heterocycles. The van der Waals surface area contributed by atoms with Gasteiger partial charge in [0, 0.05) is 37.4 Å². The second kappa shape index (κ2) is 9.38. The van der Waals surface area contributed by atoms with E-state index in [1.807, 2.05) is 23.6 Å². The smallest absolute Gasteiger partial charge is 0.250 e. The predicted octanol–water partition coefficient (Wildman–Crippen LogP) is 2.43. The number of hydrogen-bond donors (Lipinski definition) is 2. The largest absolute Gasteiger partial charge is 0.357 e. The maximum absolute atomic E-state index is 11.8. The predicted molar refractivity (Wildman–Crippen MR) is 96.0 cm³/mol. The van der Waals surface area contributed by atoms with Crippen molar-refractivity contribution < 1.29 is 0 Å². The molecule has 0 aromatic carbocycles. The number of unbranched alkanes of at least 4 members (excludes halogenated alkanes) is 1. The lowest BCUT2D eigenvalue weighted by Crippen LogP contribution is -2.42. The van der Waals surface area contributed by atoms with Crippen LogP contribution in [0.25, 0.3) is 0 Å². The summed E-state index contributed by atoms with van der Waals surface area (Å²) < 4.78 is 1.84. The Kier molecular flexibility index (Phi) is 7.17. The molecule has 1 saturated carbocycles. The molecule has 2 rings (SSSR count). The van der Waals surface area contributed by atoms with Gasteiger partial charge in [0.1, 0.15) is 0 Å². The Hall–Kier alpha value is -1.78. The molecule has 0 unspecified atom stereocenters. The fourth-order valence-electron chi connectivity index (χ4n) is 3.07. The second-order valence-electron chi connectivity index (χ2n) is 6.25. The Bertz CT molecular complexity index is 558. The van der Waals surface area contributed by atoms with Gasteiger partial charge in [0.15, 0.2) is 5.96 Å². The Morgan fingerprint density at radius 2 is 2.09 bits per heavy atom. The number of aliphatic imine (C=N–C) groups is 1. The molecule has 0 amide bonds. The van der Waals surface area contributed by atoms with Gasteiger partial charge in [-0.25, -0.2) is 0 Å². The van der Waals surface area contributed by atoms with Gasteiger partial charge in [-0.15, -0.1) is 0 Å². The van der Waals surface area contributed by atoms with Crippen molar-refractivity contribution in [3.05, 3.63) is 34.2 Å². The van der Waals surface area contributed by atoms with Crippen LogP contribution in [0.1, 0.15) is 51.1 Å². The molecular formula is C18H30N4O. The lowest BCUT2D eigenvalue weighted by Gasteiger charge is -2.16. The van der Waals surface area contributed by atoms with Crippen LogP contribution in [0.3, 0.4) is 0 Å². The second-order valence-corrected chi connectivity index (χ2v) is 6.25. The summed E-state index contributed by atoms with van der Waals surface area (Å²) in [7, 11) is 0. The van der Waals surface area contributed by atoms with Gasteiger partial charge < -0.3 is 15.2 Å². The van der Waals surface area contributed by atoms with E-state index in [4.69, 9.17) is 0 Å². The highest BCUT2D eigenvalue weighted by Crippen LogP contribution is 2.17.